The Morgan fingerprint density at radius 2 is 2.10 bits per heavy atom. The monoisotopic (exact) mass is 284 g/mol. The summed E-state index contributed by atoms with van der Waals surface area (Å²) < 4.78 is 0. The highest BCUT2D eigenvalue weighted by Crippen LogP contribution is 2.29. The smallest absolute Gasteiger partial charge is 0.323 e. The first-order chi connectivity index (χ1) is 10.1. The van der Waals surface area contributed by atoms with Crippen LogP contribution < -0.4 is 0 Å². The molecule has 2 aromatic rings. The van der Waals surface area contributed by atoms with Gasteiger partial charge in [-0.25, -0.2) is 0 Å². The molecular formula is C17H20N2O2. The number of carbonyl (C=O) groups is 1. The summed E-state index contributed by atoms with van der Waals surface area (Å²) in [6.45, 7) is 3.24. The Labute approximate surface area is 124 Å². The molecular weight excluding hydrogens is 264 g/mol. The maximum absolute atomic E-state index is 11.6. The minimum absolute atomic E-state index is 0.591. The molecule has 1 saturated heterocycles. The van der Waals surface area contributed by atoms with E-state index in [0.29, 0.717) is 13.0 Å². The zero-order valence-corrected chi connectivity index (χ0v) is 12.2. The van der Waals surface area contributed by atoms with Crippen LogP contribution in [0.3, 0.4) is 0 Å². The number of aromatic nitrogens is 1. The highest BCUT2D eigenvalue weighted by atomic mass is 16.4. The van der Waals surface area contributed by atoms with E-state index in [-0.39, 0.29) is 0 Å². The van der Waals surface area contributed by atoms with Crippen molar-refractivity contribution in [3.63, 3.8) is 0 Å². The van der Waals surface area contributed by atoms with Crippen LogP contribution in [0.4, 0.5) is 0 Å². The minimum atomic E-state index is -0.772. The molecule has 0 bridgehead atoms. The molecule has 21 heavy (non-hydrogen) atoms. The second-order valence-corrected chi connectivity index (χ2v) is 5.95. The summed E-state index contributed by atoms with van der Waals surface area (Å²) in [7, 11) is 0. The molecule has 0 aliphatic carbocycles. The summed E-state index contributed by atoms with van der Waals surface area (Å²) in [5, 5.41) is 10.7. The van der Waals surface area contributed by atoms with Crippen molar-refractivity contribution in [1.82, 2.24) is 9.88 Å². The molecule has 0 spiro atoms. The lowest BCUT2D eigenvalue weighted by Gasteiger charge is -2.41. The number of hydrogen-bond acceptors (Lipinski definition) is 3. The molecule has 0 radical (unpaired) electrons. The highest BCUT2D eigenvalue weighted by molar-refractivity contribution is 5.79. The van der Waals surface area contributed by atoms with Crippen molar-refractivity contribution in [3.8, 4) is 0 Å². The van der Waals surface area contributed by atoms with Crippen molar-refractivity contribution in [1.29, 1.82) is 0 Å². The predicted molar refractivity (Wildman–Crippen MR) is 82.0 cm³/mol. The summed E-state index contributed by atoms with van der Waals surface area (Å²) in [6, 6.07) is 12.1. The van der Waals surface area contributed by atoms with Crippen LogP contribution in [0.1, 0.15) is 31.9 Å². The Morgan fingerprint density at radius 1 is 1.29 bits per heavy atom. The predicted octanol–water partition coefficient (Wildman–Crippen LogP) is 3.06. The Bertz CT molecular complexity index is 671. The lowest BCUT2D eigenvalue weighted by Crippen LogP contribution is -2.54. The number of carboxylic acid groups (broad SMARTS) is 1. The summed E-state index contributed by atoms with van der Waals surface area (Å²) in [4.78, 5) is 18.3. The molecule has 4 nitrogen and oxygen atoms in total. The van der Waals surface area contributed by atoms with Gasteiger partial charge in [-0.2, -0.15) is 0 Å². The van der Waals surface area contributed by atoms with Crippen LogP contribution >= 0.6 is 0 Å². The van der Waals surface area contributed by atoms with E-state index in [4.69, 9.17) is 0 Å². The molecule has 3 rings (SSSR count). The van der Waals surface area contributed by atoms with E-state index in [9.17, 15) is 9.90 Å². The van der Waals surface area contributed by atoms with Crippen molar-refractivity contribution >= 4 is 16.9 Å². The van der Waals surface area contributed by atoms with Gasteiger partial charge in [0.15, 0.2) is 0 Å². The molecule has 110 valence electrons. The van der Waals surface area contributed by atoms with E-state index >= 15 is 0 Å². The molecule has 1 aromatic carbocycles. The molecule has 0 saturated carbocycles. The fourth-order valence-electron chi connectivity index (χ4n) is 3.06. The zero-order valence-electron chi connectivity index (χ0n) is 12.2. The number of para-hydroxylation sites is 1. The Hall–Kier alpha value is -1.94. The third-order valence-electron chi connectivity index (χ3n) is 4.51. The van der Waals surface area contributed by atoms with Crippen LogP contribution in [0.15, 0.2) is 36.4 Å². The number of fused-ring (bicyclic) bond motifs is 1. The normalized spacial score (nSPS) is 23.3. The fourth-order valence-corrected chi connectivity index (χ4v) is 3.06. The summed E-state index contributed by atoms with van der Waals surface area (Å²) in [6.07, 6.45) is 2.73. The van der Waals surface area contributed by atoms with Gasteiger partial charge in [-0.15, -0.1) is 0 Å². The largest absolute Gasteiger partial charge is 0.480 e. The molecule has 0 amide bonds. The maximum Gasteiger partial charge on any atom is 0.323 e. The summed E-state index contributed by atoms with van der Waals surface area (Å²) >= 11 is 0. The minimum Gasteiger partial charge on any atom is -0.480 e. The first-order valence-electron chi connectivity index (χ1n) is 7.43. The number of aliphatic carboxylic acids is 1. The number of benzene rings is 1. The van der Waals surface area contributed by atoms with Gasteiger partial charge in [-0.1, -0.05) is 24.3 Å². The van der Waals surface area contributed by atoms with Crippen molar-refractivity contribution < 1.29 is 9.90 Å². The third kappa shape index (κ3) is 2.63. The molecule has 2 heterocycles. The van der Waals surface area contributed by atoms with E-state index in [1.807, 2.05) is 37.3 Å². The van der Waals surface area contributed by atoms with Crippen LogP contribution in [-0.2, 0) is 11.3 Å². The van der Waals surface area contributed by atoms with Gasteiger partial charge in [0.1, 0.15) is 5.54 Å². The first-order valence-corrected chi connectivity index (χ1v) is 7.43. The molecule has 1 aliphatic rings. The van der Waals surface area contributed by atoms with Crippen molar-refractivity contribution in [2.75, 3.05) is 6.54 Å². The van der Waals surface area contributed by atoms with Gasteiger partial charge < -0.3 is 5.11 Å². The number of likely N-dealkylation sites (tertiary alicyclic amines) is 1. The second-order valence-electron chi connectivity index (χ2n) is 5.95. The van der Waals surface area contributed by atoms with Gasteiger partial charge in [0.2, 0.25) is 0 Å². The van der Waals surface area contributed by atoms with E-state index in [2.05, 4.69) is 16.0 Å². The number of pyridine rings is 1. The fraction of sp³-hybridized carbons (Fsp3) is 0.412. The lowest BCUT2D eigenvalue weighted by atomic mass is 9.88. The van der Waals surface area contributed by atoms with Gasteiger partial charge in [-0.05, 0) is 44.9 Å². The number of rotatable bonds is 3. The van der Waals surface area contributed by atoms with Crippen LogP contribution in [0.5, 0.6) is 0 Å². The Kier molecular flexibility index (Phi) is 3.64. The topological polar surface area (TPSA) is 53.4 Å². The molecule has 1 N–H and O–H groups in total. The molecule has 4 heteroatoms. The van der Waals surface area contributed by atoms with Gasteiger partial charge in [0.25, 0.3) is 0 Å². The standard InChI is InChI=1S/C17H20N2O2/c1-17(16(20)21)10-4-5-11-19(17)12-14-9-8-13-6-2-3-7-15(13)18-14/h2-3,6-9H,4-5,10-12H2,1H3,(H,20,21). The first kappa shape index (κ1) is 14.0. The van der Waals surface area contributed by atoms with Crippen molar-refractivity contribution in [2.45, 2.75) is 38.3 Å². The van der Waals surface area contributed by atoms with Gasteiger partial charge in [0.05, 0.1) is 11.2 Å². The average Bonchev–Trinajstić information content (AvgIpc) is 2.49. The SMILES string of the molecule is CC1(C(=O)O)CCCCN1Cc1ccc2ccccc2n1. The van der Waals surface area contributed by atoms with Crippen LogP contribution in [0.25, 0.3) is 10.9 Å². The van der Waals surface area contributed by atoms with Crippen LogP contribution in [0.2, 0.25) is 0 Å². The Balaban J connectivity index is 1.87. The van der Waals surface area contributed by atoms with E-state index < -0.39 is 11.5 Å². The number of piperidine rings is 1. The number of carboxylic acids is 1. The van der Waals surface area contributed by atoms with E-state index in [1.54, 1.807) is 0 Å². The molecule has 1 fully saturated rings. The number of hydrogen-bond donors (Lipinski definition) is 1. The quantitative estimate of drug-likeness (QED) is 0.941. The maximum atomic E-state index is 11.6. The third-order valence-corrected chi connectivity index (χ3v) is 4.51. The van der Waals surface area contributed by atoms with E-state index in [1.165, 1.54) is 0 Å². The van der Waals surface area contributed by atoms with Gasteiger partial charge in [-0.3, -0.25) is 14.7 Å². The van der Waals surface area contributed by atoms with E-state index in [0.717, 1.165) is 36.0 Å². The van der Waals surface area contributed by atoms with Crippen LogP contribution in [-0.4, -0.2) is 33.0 Å². The van der Waals surface area contributed by atoms with Crippen molar-refractivity contribution in [3.05, 3.63) is 42.1 Å². The summed E-state index contributed by atoms with van der Waals surface area (Å²) in [5.41, 5.74) is 1.12. The zero-order chi connectivity index (χ0) is 14.9. The Morgan fingerprint density at radius 3 is 2.90 bits per heavy atom. The molecule has 1 atom stereocenters. The van der Waals surface area contributed by atoms with Crippen molar-refractivity contribution in [2.24, 2.45) is 0 Å². The van der Waals surface area contributed by atoms with Crippen LogP contribution in [0, 0.1) is 0 Å². The lowest BCUT2D eigenvalue weighted by molar-refractivity contribution is -0.153. The molecule has 1 unspecified atom stereocenters. The average molecular weight is 284 g/mol. The molecule has 1 aromatic heterocycles. The molecule has 1 aliphatic heterocycles. The highest BCUT2D eigenvalue weighted by Gasteiger charge is 2.41. The van der Waals surface area contributed by atoms with Gasteiger partial charge in [0, 0.05) is 11.9 Å². The van der Waals surface area contributed by atoms with Gasteiger partial charge >= 0.3 is 5.97 Å². The number of nitrogens with zero attached hydrogens (tertiary/aromatic N) is 2. The summed E-state index contributed by atoms with van der Waals surface area (Å²) in [5.74, 6) is -0.733. The second kappa shape index (κ2) is 5.45.